The monoisotopic (exact) mass is 319 g/mol. The average Bonchev–Trinajstić information content (AvgIpc) is 2.49. The molecule has 0 aliphatic rings. The van der Waals surface area contributed by atoms with Gasteiger partial charge in [0.15, 0.2) is 6.10 Å². The fourth-order valence-electron chi connectivity index (χ4n) is 1.81. The molecule has 1 amide bonds. The third-order valence-electron chi connectivity index (χ3n) is 3.12. The molecule has 0 bridgehead atoms. The number of rotatable bonds is 4. The Morgan fingerprint density at radius 3 is 2.35 bits per heavy atom. The summed E-state index contributed by atoms with van der Waals surface area (Å²) in [6.45, 7) is 3.27. The highest BCUT2D eigenvalue weighted by molar-refractivity contribution is 5.97. The van der Waals surface area contributed by atoms with Crippen molar-refractivity contribution in [2.24, 2.45) is 0 Å². The van der Waals surface area contributed by atoms with Gasteiger partial charge in [0.05, 0.1) is 5.56 Å². The third kappa shape index (κ3) is 4.35. The summed E-state index contributed by atoms with van der Waals surface area (Å²) in [7, 11) is 0. The molecule has 6 heteroatoms. The van der Waals surface area contributed by atoms with Gasteiger partial charge in [0.1, 0.15) is 11.6 Å². The second-order valence-corrected chi connectivity index (χ2v) is 5.03. The van der Waals surface area contributed by atoms with Gasteiger partial charge in [0.25, 0.3) is 5.91 Å². The zero-order chi connectivity index (χ0) is 17.0. The van der Waals surface area contributed by atoms with Crippen LogP contribution in [0.5, 0.6) is 0 Å². The van der Waals surface area contributed by atoms with Gasteiger partial charge in [-0.15, -0.1) is 0 Å². The second-order valence-electron chi connectivity index (χ2n) is 5.03. The lowest BCUT2D eigenvalue weighted by Crippen LogP contribution is -2.30. The SMILES string of the molecule is Cc1ccc(NC(=O)[C@H](C)OC(=O)c2ccc(F)cc2F)cc1. The van der Waals surface area contributed by atoms with Crippen molar-refractivity contribution < 1.29 is 23.1 Å². The highest BCUT2D eigenvalue weighted by atomic mass is 19.1. The molecule has 1 N–H and O–H groups in total. The lowest BCUT2D eigenvalue weighted by Gasteiger charge is -2.14. The number of carbonyl (C=O) groups excluding carboxylic acids is 2. The first-order chi connectivity index (χ1) is 10.9. The number of nitrogens with one attached hydrogen (secondary N) is 1. The van der Waals surface area contributed by atoms with Gasteiger partial charge < -0.3 is 10.1 Å². The summed E-state index contributed by atoms with van der Waals surface area (Å²) < 4.78 is 31.2. The van der Waals surface area contributed by atoms with E-state index in [1.54, 1.807) is 12.1 Å². The van der Waals surface area contributed by atoms with Crippen LogP contribution in [0.25, 0.3) is 0 Å². The number of carbonyl (C=O) groups is 2. The van der Waals surface area contributed by atoms with Gasteiger partial charge in [-0.2, -0.15) is 0 Å². The first-order valence-electron chi connectivity index (χ1n) is 6.90. The molecule has 120 valence electrons. The highest BCUT2D eigenvalue weighted by Crippen LogP contribution is 2.13. The number of amides is 1. The molecule has 2 rings (SSSR count). The van der Waals surface area contributed by atoms with Crippen LogP contribution < -0.4 is 5.32 Å². The molecule has 1 atom stereocenters. The number of esters is 1. The van der Waals surface area contributed by atoms with Crippen molar-refractivity contribution in [2.75, 3.05) is 5.32 Å². The Balaban J connectivity index is 2.00. The molecule has 0 aromatic heterocycles. The van der Waals surface area contributed by atoms with E-state index >= 15 is 0 Å². The molecule has 0 aliphatic heterocycles. The van der Waals surface area contributed by atoms with E-state index in [0.29, 0.717) is 11.8 Å². The fraction of sp³-hybridized carbons (Fsp3) is 0.176. The zero-order valence-electron chi connectivity index (χ0n) is 12.6. The Labute approximate surface area is 132 Å². The van der Waals surface area contributed by atoms with E-state index in [2.05, 4.69) is 5.32 Å². The number of hydrogen-bond acceptors (Lipinski definition) is 3. The topological polar surface area (TPSA) is 55.4 Å². The first-order valence-corrected chi connectivity index (χ1v) is 6.90. The molecule has 0 unspecified atom stereocenters. The average molecular weight is 319 g/mol. The Hall–Kier alpha value is -2.76. The van der Waals surface area contributed by atoms with Gasteiger partial charge in [-0.3, -0.25) is 4.79 Å². The highest BCUT2D eigenvalue weighted by Gasteiger charge is 2.21. The number of aryl methyl sites for hydroxylation is 1. The molecule has 0 heterocycles. The van der Waals surface area contributed by atoms with Crippen LogP contribution >= 0.6 is 0 Å². The van der Waals surface area contributed by atoms with Crippen LogP contribution in [-0.2, 0) is 9.53 Å². The summed E-state index contributed by atoms with van der Waals surface area (Å²) in [4.78, 5) is 23.8. The standard InChI is InChI=1S/C17H15F2NO3/c1-10-3-6-13(7-4-10)20-16(21)11(2)23-17(22)14-8-5-12(18)9-15(14)19/h3-9,11H,1-2H3,(H,20,21)/t11-/m0/s1. The van der Waals surface area contributed by atoms with Crippen molar-refractivity contribution in [2.45, 2.75) is 20.0 Å². The largest absolute Gasteiger partial charge is 0.449 e. The number of anilines is 1. The van der Waals surface area contributed by atoms with Crippen LogP contribution in [0.1, 0.15) is 22.8 Å². The van der Waals surface area contributed by atoms with Gasteiger partial charge in [0, 0.05) is 11.8 Å². The lowest BCUT2D eigenvalue weighted by molar-refractivity contribution is -0.123. The second kappa shape index (κ2) is 7.00. The summed E-state index contributed by atoms with van der Waals surface area (Å²) in [5.74, 6) is -3.43. The molecule has 0 radical (unpaired) electrons. The maximum absolute atomic E-state index is 13.5. The molecule has 0 fully saturated rings. The van der Waals surface area contributed by atoms with Crippen LogP contribution in [0.2, 0.25) is 0 Å². The van der Waals surface area contributed by atoms with E-state index in [9.17, 15) is 18.4 Å². The van der Waals surface area contributed by atoms with Gasteiger partial charge >= 0.3 is 5.97 Å². The Kier molecular flexibility index (Phi) is 5.05. The summed E-state index contributed by atoms with van der Waals surface area (Å²) in [5.41, 5.74) is 1.16. The lowest BCUT2D eigenvalue weighted by atomic mass is 10.2. The van der Waals surface area contributed by atoms with Crippen LogP contribution in [0.3, 0.4) is 0 Å². The summed E-state index contributed by atoms with van der Waals surface area (Å²) in [6, 6.07) is 9.55. The quantitative estimate of drug-likeness (QED) is 0.878. The maximum Gasteiger partial charge on any atom is 0.341 e. The van der Waals surface area contributed by atoms with Crippen LogP contribution in [-0.4, -0.2) is 18.0 Å². The van der Waals surface area contributed by atoms with E-state index < -0.39 is 35.2 Å². The van der Waals surface area contributed by atoms with Crippen molar-refractivity contribution >= 4 is 17.6 Å². The van der Waals surface area contributed by atoms with Gasteiger partial charge in [-0.1, -0.05) is 17.7 Å². The van der Waals surface area contributed by atoms with Crippen molar-refractivity contribution in [1.82, 2.24) is 0 Å². The minimum Gasteiger partial charge on any atom is -0.449 e. The number of ether oxygens (including phenoxy) is 1. The first kappa shape index (κ1) is 16.6. The number of benzene rings is 2. The smallest absolute Gasteiger partial charge is 0.341 e. The predicted molar refractivity (Wildman–Crippen MR) is 81.0 cm³/mol. The molecule has 23 heavy (non-hydrogen) atoms. The fourth-order valence-corrected chi connectivity index (χ4v) is 1.81. The molecule has 2 aromatic rings. The summed E-state index contributed by atoms with van der Waals surface area (Å²) >= 11 is 0. The van der Waals surface area contributed by atoms with E-state index in [4.69, 9.17) is 4.74 Å². The number of halogens is 2. The minimum atomic E-state index is -1.13. The molecule has 2 aromatic carbocycles. The van der Waals surface area contributed by atoms with Crippen molar-refractivity contribution in [3.05, 3.63) is 65.2 Å². The number of hydrogen-bond donors (Lipinski definition) is 1. The van der Waals surface area contributed by atoms with Gasteiger partial charge in [-0.05, 0) is 38.1 Å². The van der Waals surface area contributed by atoms with Crippen molar-refractivity contribution in [3.63, 3.8) is 0 Å². The Morgan fingerprint density at radius 1 is 1.09 bits per heavy atom. The molecule has 4 nitrogen and oxygen atoms in total. The third-order valence-corrected chi connectivity index (χ3v) is 3.12. The molecule has 0 aliphatic carbocycles. The van der Waals surface area contributed by atoms with E-state index in [-0.39, 0.29) is 0 Å². The van der Waals surface area contributed by atoms with Crippen LogP contribution in [0, 0.1) is 18.6 Å². The van der Waals surface area contributed by atoms with Crippen LogP contribution in [0.4, 0.5) is 14.5 Å². The summed E-state index contributed by atoms with van der Waals surface area (Å²) in [6.07, 6.45) is -1.13. The summed E-state index contributed by atoms with van der Waals surface area (Å²) in [5, 5.41) is 2.58. The Bertz CT molecular complexity index is 729. The molecular formula is C17H15F2NO3. The van der Waals surface area contributed by atoms with Crippen molar-refractivity contribution in [1.29, 1.82) is 0 Å². The molecule has 0 saturated heterocycles. The van der Waals surface area contributed by atoms with Gasteiger partial charge in [0.2, 0.25) is 0 Å². The van der Waals surface area contributed by atoms with E-state index in [1.807, 2.05) is 19.1 Å². The zero-order valence-corrected chi connectivity index (χ0v) is 12.6. The van der Waals surface area contributed by atoms with Crippen molar-refractivity contribution in [3.8, 4) is 0 Å². The van der Waals surface area contributed by atoms with E-state index in [0.717, 1.165) is 17.7 Å². The molecule has 0 saturated carbocycles. The normalized spacial score (nSPS) is 11.7. The molecular weight excluding hydrogens is 304 g/mol. The predicted octanol–water partition coefficient (Wildman–Crippen LogP) is 3.46. The Morgan fingerprint density at radius 2 is 1.74 bits per heavy atom. The maximum atomic E-state index is 13.5. The molecule has 0 spiro atoms. The van der Waals surface area contributed by atoms with Crippen LogP contribution in [0.15, 0.2) is 42.5 Å². The van der Waals surface area contributed by atoms with E-state index in [1.165, 1.54) is 6.92 Å². The minimum absolute atomic E-state index is 0.429. The van der Waals surface area contributed by atoms with Gasteiger partial charge in [-0.25, -0.2) is 13.6 Å².